The number of amides is 2. The van der Waals surface area contributed by atoms with Crippen LogP contribution in [-0.4, -0.2) is 24.3 Å². The summed E-state index contributed by atoms with van der Waals surface area (Å²) in [6, 6.07) is 18.9. The molecule has 1 aromatic heterocycles. The van der Waals surface area contributed by atoms with Crippen molar-refractivity contribution in [2.75, 3.05) is 11.9 Å². The number of anilines is 1. The standard InChI is InChI=1S/C21H18N2O4S/c24-19(11-12-22-21(26)18-10-5-13-28-18)27-17-9-4-8-16(14-17)23-20(25)15-6-2-1-3-7-15/h1-10,13-14H,11-12H2,(H,22,26)(H,23,25). The minimum atomic E-state index is -0.474. The van der Waals surface area contributed by atoms with E-state index in [4.69, 9.17) is 4.74 Å². The molecule has 6 nitrogen and oxygen atoms in total. The fourth-order valence-corrected chi connectivity index (χ4v) is 3.03. The first kappa shape index (κ1) is 19.3. The summed E-state index contributed by atoms with van der Waals surface area (Å²) in [5, 5.41) is 7.24. The number of nitrogens with one attached hydrogen (secondary N) is 2. The first-order valence-electron chi connectivity index (χ1n) is 8.60. The maximum Gasteiger partial charge on any atom is 0.312 e. The maximum atomic E-state index is 12.2. The largest absolute Gasteiger partial charge is 0.426 e. The first-order chi connectivity index (χ1) is 13.6. The molecule has 0 saturated carbocycles. The summed E-state index contributed by atoms with van der Waals surface area (Å²) >= 11 is 1.33. The van der Waals surface area contributed by atoms with Crippen molar-refractivity contribution in [2.45, 2.75) is 6.42 Å². The minimum Gasteiger partial charge on any atom is -0.426 e. The summed E-state index contributed by atoms with van der Waals surface area (Å²) in [5.41, 5.74) is 1.05. The van der Waals surface area contributed by atoms with Crippen molar-refractivity contribution in [2.24, 2.45) is 0 Å². The molecular formula is C21H18N2O4S. The average molecular weight is 394 g/mol. The van der Waals surface area contributed by atoms with Crippen LogP contribution in [0.25, 0.3) is 0 Å². The van der Waals surface area contributed by atoms with Gasteiger partial charge in [-0.2, -0.15) is 0 Å². The van der Waals surface area contributed by atoms with Crippen LogP contribution in [0.1, 0.15) is 26.5 Å². The third-order valence-electron chi connectivity index (χ3n) is 3.72. The van der Waals surface area contributed by atoms with Gasteiger partial charge in [-0.3, -0.25) is 14.4 Å². The molecule has 0 aliphatic rings. The zero-order valence-electron chi connectivity index (χ0n) is 14.9. The molecule has 0 atom stereocenters. The van der Waals surface area contributed by atoms with Crippen molar-refractivity contribution < 1.29 is 19.1 Å². The zero-order chi connectivity index (χ0) is 19.8. The van der Waals surface area contributed by atoms with E-state index < -0.39 is 5.97 Å². The van der Waals surface area contributed by atoms with Gasteiger partial charge in [0.1, 0.15) is 5.75 Å². The molecule has 0 bridgehead atoms. The molecule has 3 rings (SSSR count). The van der Waals surface area contributed by atoms with Crippen molar-refractivity contribution in [3.05, 3.63) is 82.6 Å². The first-order valence-corrected chi connectivity index (χ1v) is 9.48. The van der Waals surface area contributed by atoms with E-state index in [1.807, 2.05) is 11.4 Å². The summed E-state index contributed by atoms with van der Waals surface area (Å²) in [6.45, 7) is 0.181. The van der Waals surface area contributed by atoms with E-state index in [-0.39, 0.29) is 24.8 Å². The molecule has 142 valence electrons. The Kier molecular flexibility index (Phi) is 6.54. The number of thiophene rings is 1. The highest BCUT2D eigenvalue weighted by molar-refractivity contribution is 7.12. The van der Waals surface area contributed by atoms with Gasteiger partial charge in [0, 0.05) is 23.9 Å². The molecule has 7 heteroatoms. The molecule has 28 heavy (non-hydrogen) atoms. The lowest BCUT2D eigenvalue weighted by molar-refractivity contribution is -0.134. The van der Waals surface area contributed by atoms with Gasteiger partial charge in [0.05, 0.1) is 11.3 Å². The van der Waals surface area contributed by atoms with E-state index in [0.717, 1.165) is 0 Å². The summed E-state index contributed by atoms with van der Waals surface area (Å²) < 4.78 is 5.28. The lowest BCUT2D eigenvalue weighted by Gasteiger charge is -2.08. The Morgan fingerprint density at radius 2 is 1.71 bits per heavy atom. The molecule has 0 unspecified atom stereocenters. The van der Waals surface area contributed by atoms with Crippen molar-refractivity contribution in [3.8, 4) is 5.75 Å². The SMILES string of the molecule is O=C(CCNC(=O)c1cccs1)Oc1cccc(NC(=O)c2ccccc2)c1. The number of carbonyl (C=O) groups excluding carboxylic acids is 3. The van der Waals surface area contributed by atoms with Gasteiger partial charge < -0.3 is 15.4 Å². The van der Waals surface area contributed by atoms with E-state index in [1.54, 1.807) is 60.7 Å². The number of esters is 1. The fraction of sp³-hybridized carbons (Fsp3) is 0.0952. The number of benzene rings is 2. The van der Waals surface area contributed by atoms with Gasteiger partial charge >= 0.3 is 5.97 Å². The third-order valence-corrected chi connectivity index (χ3v) is 4.59. The van der Waals surface area contributed by atoms with E-state index in [0.29, 0.717) is 21.9 Å². The smallest absolute Gasteiger partial charge is 0.312 e. The van der Waals surface area contributed by atoms with Crippen LogP contribution in [0.5, 0.6) is 5.75 Å². The second kappa shape index (κ2) is 9.48. The van der Waals surface area contributed by atoms with Gasteiger partial charge in [0.15, 0.2) is 0 Å². The van der Waals surface area contributed by atoms with Gasteiger partial charge in [0.2, 0.25) is 0 Å². The number of hydrogen-bond donors (Lipinski definition) is 2. The fourth-order valence-electron chi connectivity index (χ4n) is 2.39. The molecule has 2 amide bonds. The van der Waals surface area contributed by atoms with Crippen LogP contribution in [0.15, 0.2) is 72.1 Å². The Labute approximate surface area is 166 Å². The number of rotatable bonds is 7. The van der Waals surface area contributed by atoms with Crippen molar-refractivity contribution >= 4 is 34.8 Å². The maximum absolute atomic E-state index is 12.2. The van der Waals surface area contributed by atoms with E-state index in [9.17, 15) is 14.4 Å². The Morgan fingerprint density at radius 1 is 0.893 bits per heavy atom. The zero-order valence-corrected chi connectivity index (χ0v) is 15.7. The number of hydrogen-bond acceptors (Lipinski definition) is 5. The predicted octanol–water partition coefficient (Wildman–Crippen LogP) is 3.73. The van der Waals surface area contributed by atoms with Crippen LogP contribution in [0, 0.1) is 0 Å². The lowest BCUT2D eigenvalue weighted by atomic mass is 10.2. The van der Waals surface area contributed by atoms with E-state index in [1.165, 1.54) is 11.3 Å². The van der Waals surface area contributed by atoms with E-state index >= 15 is 0 Å². The molecule has 0 spiro atoms. The summed E-state index contributed by atoms with van der Waals surface area (Å²) in [5.74, 6) is -0.618. The molecule has 0 aliphatic carbocycles. The highest BCUT2D eigenvalue weighted by atomic mass is 32.1. The molecule has 0 aliphatic heterocycles. The van der Waals surface area contributed by atoms with Crippen LogP contribution >= 0.6 is 11.3 Å². The van der Waals surface area contributed by atoms with Crippen LogP contribution in [0.4, 0.5) is 5.69 Å². The van der Waals surface area contributed by atoms with Crippen LogP contribution in [0.2, 0.25) is 0 Å². The predicted molar refractivity (Wildman–Crippen MR) is 108 cm³/mol. The molecule has 0 saturated heterocycles. The quantitative estimate of drug-likeness (QED) is 0.472. The van der Waals surface area contributed by atoms with Crippen LogP contribution in [-0.2, 0) is 4.79 Å². The van der Waals surface area contributed by atoms with E-state index in [2.05, 4.69) is 10.6 Å². The molecule has 1 heterocycles. The minimum absolute atomic E-state index is 0.0394. The Bertz CT molecular complexity index is 956. The van der Waals surface area contributed by atoms with Crippen LogP contribution in [0.3, 0.4) is 0 Å². The normalized spacial score (nSPS) is 10.1. The van der Waals surface area contributed by atoms with Crippen molar-refractivity contribution in [1.29, 1.82) is 0 Å². The Balaban J connectivity index is 1.49. The average Bonchev–Trinajstić information content (AvgIpc) is 3.24. The van der Waals surface area contributed by atoms with Crippen molar-refractivity contribution in [3.63, 3.8) is 0 Å². The number of carbonyl (C=O) groups is 3. The highest BCUT2D eigenvalue weighted by Crippen LogP contribution is 2.18. The van der Waals surface area contributed by atoms with Gasteiger partial charge in [-0.05, 0) is 35.7 Å². The second-order valence-corrected chi connectivity index (χ2v) is 6.75. The van der Waals surface area contributed by atoms with Gasteiger partial charge in [-0.25, -0.2) is 0 Å². The van der Waals surface area contributed by atoms with Gasteiger partial charge in [-0.1, -0.05) is 30.3 Å². The van der Waals surface area contributed by atoms with Gasteiger partial charge in [-0.15, -0.1) is 11.3 Å². The molecule has 0 fully saturated rings. The topological polar surface area (TPSA) is 84.5 Å². The van der Waals surface area contributed by atoms with Crippen molar-refractivity contribution in [1.82, 2.24) is 5.32 Å². The molecule has 0 radical (unpaired) electrons. The molecular weight excluding hydrogens is 376 g/mol. The Morgan fingerprint density at radius 3 is 2.46 bits per heavy atom. The van der Waals surface area contributed by atoms with Crippen LogP contribution < -0.4 is 15.4 Å². The molecule has 2 aromatic carbocycles. The van der Waals surface area contributed by atoms with Gasteiger partial charge in [0.25, 0.3) is 11.8 Å². The summed E-state index contributed by atoms with van der Waals surface area (Å²) in [4.78, 5) is 36.6. The third kappa shape index (κ3) is 5.52. The number of ether oxygens (including phenoxy) is 1. The second-order valence-electron chi connectivity index (χ2n) is 5.81. The monoisotopic (exact) mass is 394 g/mol. The summed E-state index contributed by atoms with van der Waals surface area (Å²) in [6.07, 6.45) is 0.0394. The lowest BCUT2D eigenvalue weighted by Crippen LogP contribution is -2.26. The summed E-state index contributed by atoms with van der Waals surface area (Å²) in [7, 11) is 0. The molecule has 3 aromatic rings. The Hall–Kier alpha value is -3.45. The highest BCUT2D eigenvalue weighted by Gasteiger charge is 2.10. The molecule has 2 N–H and O–H groups in total.